The number of amides is 1. The minimum atomic E-state index is 0.0365. The lowest BCUT2D eigenvalue weighted by molar-refractivity contribution is -0.126. The van der Waals surface area contributed by atoms with Crippen molar-refractivity contribution in [2.24, 2.45) is 5.92 Å². The quantitative estimate of drug-likeness (QED) is 0.902. The van der Waals surface area contributed by atoms with Crippen LogP contribution in [0, 0.1) is 5.92 Å². The zero-order valence-corrected chi connectivity index (χ0v) is 15.8. The van der Waals surface area contributed by atoms with Crippen LogP contribution in [0.3, 0.4) is 0 Å². The summed E-state index contributed by atoms with van der Waals surface area (Å²) in [7, 11) is 0. The second kappa shape index (κ2) is 8.51. The molecule has 1 aromatic heterocycles. The van der Waals surface area contributed by atoms with E-state index in [0.29, 0.717) is 12.0 Å². The van der Waals surface area contributed by atoms with Crippen LogP contribution in [0.15, 0.2) is 48.8 Å². The van der Waals surface area contributed by atoms with E-state index in [9.17, 15) is 4.79 Å². The smallest absolute Gasteiger partial charge is 0.225 e. The molecule has 1 saturated carbocycles. The van der Waals surface area contributed by atoms with Gasteiger partial charge in [0.2, 0.25) is 11.9 Å². The molecule has 1 atom stereocenters. The van der Waals surface area contributed by atoms with Crippen LogP contribution >= 0.6 is 0 Å². The van der Waals surface area contributed by atoms with Crippen molar-refractivity contribution in [2.45, 2.75) is 50.5 Å². The molecule has 27 heavy (non-hydrogen) atoms. The molecule has 142 valence electrons. The normalized spacial score (nSPS) is 25.8. The van der Waals surface area contributed by atoms with E-state index in [0.717, 1.165) is 57.6 Å². The maximum Gasteiger partial charge on any atom is 0.225 e. The topological polar surface area (TPSA) is 58.1 Å². The number of piperidine rings is 1. The summed E-state index contributed by atoms with van der Waals surface area (Å²) < 4.78 is 0. The molecule has 1 aromatic carbocycles. The van der Waals surface area contributed by atoms with Gasteiger partial charge < -0.3 is 10.2 Å². The zero-order chi connectivity index (χ0) is 18.5. The lowest BCUT2D eigenvalue weighted by Gasteiger charge is -2.34. The summed E-state index contributed by atoms with van der Waals surface area (Å²) in [4.78, 5) is 23.6. The molecule has 5 heteroatoms. The van der Waals surface area contributed by atoms with Gasteiger partial charge in [0.05, 0.1) is 5.92 Å². The third-order valence-electron chi connectivity index (χ3n) is 5.97. The van der Waals surface area contributed by atoms with Gasteiger partial charge in [-0.15, -0.1) is 0 Å². The lowest BCUT2D eigenvalue weighted by atomic mass is 9.81. The monoisotopic (exact) mass is 364 g/mol. The third kappa shape index (κ3) is 4.46. The molecule has 0 spiro atoms. The molecular formula is C22H28N4O. The highest BCUT2D eigenvalue weighted by Crippen LogP contribution is 2.33. The largest absolute Gasteiger partial charge is 0.353 e. The summed E-state index contributed by atoms with van der Waals surface area (Å²) in [6.07, 6.45) is 9.94. The van der Waals surface area contributed by atoms with E-state index in [4.69, 9.17) is 0 Å². The second-order valence-corrected chi connectivity index (χ2v) is 7.80. The third-order valence-corrected chi connectivity index (χ3v) is 5.97. The number of hydrogen-bond acceptors (Lipinski definition) is 4. The van der Waals surface area contributed by atoms with Gasteiger partial charge in [-0.05, 0) is 56.1 Å². The van der Waals surface area contributed by atoms with Gasteiger partial charge in [0.15, 0.2) is 0 Å². The van der Waals surface area contributed by atoms with E-state index in [2.05, 4.69) is 50.5 Å². The van der Waals surface area contributed by atoms with Crippen molar-refractivity contribution in [3.8, 4) is 0 Å². The summed E-state index contributed by atoms with van der Waals surface area (Å²) in [5.41, 5.74) is 1.44. The fraction of sp³-hybridized carbons (Fsp3) is 0.500. The average molecular weight is 364 g/mol. The maximum absolute atomic E-state index is 12.8. The van der Waals surface area contributed by atoms with Gasteiger partial charge in [-0.2, -0.15) is 0 Å². The molecule has 1 N–H and O–H groups in total. The summed E-state index contributed by atoms with van der Waals surface area (Å²) in [5, 5.41) is 3.33. The van der Waals surface area contributed by atoms with E-state index in [1.54, 1.807) is 12.4 Å². The predicted molar refractivity (Wildman–Crippen MR) is 107 cm³/mol. The van der Waals surface area contributed by atoms with Gasteiger partial charge in [0.25, 0.3) is 0 Å². The first-order valence-corrected chi connectivity index (χ1v) is 10.2. The predicted octanol–water partition coefficient (Wildman–Crippen LogP) is 3.54. The molecule has 2 heterocycles. The van der Waals surface area contributed by atoms with Crippen molar-refractivity contribution in [3.63, 3.8) is 0 Å². The molecule has 2 fully saturated rings. The van der Waals surface area contributed by atoms with Crippen molar-refractivity contribution < 1.29 is 4.79 Å². The lowest BCUT2D eigenvalue weighted by Crippen LogP contribution is -2.47. The number of aromatic nitrogens is 2. The Labute approximate surface area is 161 Å². The summed E-state index contributed by atoms with van der Waals surface area (Å²) in [5.74, 6) is 1.62. The average Bonchev–Trinajstić information content (AvgIpc) is 2.75. The molecule has 1 aliphatic carbocycles. The van der Waals surface area contributed by atoms with Crippen LogP contribution in [-0.4, -0.2) is 35.0 Å². The molecule has 2 aromatic rings. The Morgan fingerprint density at radius 2 is 1.70 bits per heavy atom. The molecule has 5 nitrogen and oxygen atoms in total. The molecule has 1 aliphatic heterocycles. The van der Waals surface area contributed by atoms with E-state index < -0.39 is 0 Å². The Morgan fingerprint density at radius 1 is 0.963 bits per heavy atom. The van der Waals surface area contributed by atoms with Crippen LogP contribution < -0.4 is 10.2 Å². The number of carbonyl (C=O) groups is 1. The van der Waals surface area contributed by atoms with Gasteiger partial charge >= 0.3 is 0 Å². The summed E-state index contributed by atoms with van der Waals surface area (Å²) >= 11 is 0. The Morgan fingerprint density at radius 3 is 2.44 bits per heavy atom. The molecule has 4 rings (SSSR count). The zero-order valence-electron chi connectivity index (χ0n) is 15.8. The first-order valence-electron chi connectivity index (χ1n) is 10.2. The van der Waals surface area contributed by atoms with Crippen LogP contribution in [0.2, 0.25) is 0 Å². The standard InChI is InChI=1S/C22H28N4O/c27-21(19-8-4-15-26(16-19)22-23-13-5-14-24-22)25-20-11-9-18(10-12-20)17-6-2-1-3-7-17/h1-3,5-7,13-14,18-20H,4,8-12,15-16H2,(H,25,27). The Kier molecular flexibility index (Phi) is 5.66. The van der Waals surface area contributed by atoms with Crippen molar-refractivity contribution in [2.75, 3.05) is 18.0 Å². The van der Waals surface area contributed by atoms with Gasteiger partial charge in [-0.3, -0.25) is 4.79 Å². The van der Waals surface area contributed by atoms with E-state index in [1.807, 2.05) is 6.07 Å². The van der Waals surface area contributed by atoms with Crippen molar-refractivity contribution in [1.82, 2.24) is 15.3 Å². The number of nitrogens with one attached hydrogen (secondary N) is 1. The summed E-state index contributed by atoms with van der Waals surface area (Å²) in [6.45, 7) is 1.64. The van der Waals surface area contributed by atoms with Gasteiger partial charge in [-0.1, -0.05) is 30.3 Å². The minimum Gasteiger partial charge on any atom is -0.353 e. The number of anilines is 1. The fourth-order valence-electron chi connectivity index (χ4n) is 4.44. The van der Waals surface area contributed by atoms with Gasteiger partial charge in [-0.25, -0.2) is 9.97 Å². The van der Waals surface area contributed by atoms with Crippen LogP contribution in [0.5, 0.6) is 0 Å². The molecular weight excluding hydrogens is 336 g/mol. The van der Waals surface area contributed by atoms with Crippen molar-refractivity contribution in [1.29, 1.82) is 0 Å². The maximum atomic E-state index is 12.8. The number of carbonyl (C=O) groups excluding carboxylic acids is 1. The summed E-state index contributed by atoms with van der Waals surface area (Å²) in [6, 6.07) is 12.9. The Balaban J connectivity index is 1.28. The van der Waals surface area contributed by atoms with Crippen molar-refractivity contribution >= 4 is 11.9 Å². The fourth-order valence-corrected chi connectivity index (χ4v) is 4.44. The van der Waals surface area contributed by atoms with Gasteiger partial charge in [0, 0.05) is 31.5 Å². The van der Waals surface area contributed by atoms with Crippen LogP contribution in [0.25, 0.3) is 0 Å². The first kappa shape index (κ1) is 18.0. The Bertz CT molecular complexity index is 728. The van der Waals surface area contributed by atoms with Crippen LogP contribution in [0.1, 0.15) is 50.0 Å². The van der Waals surface area contributed by atoms with E-state index in [1.165, 1.54) is 5.56 Å². The molecule has 1 saturated heterocycles. The number of rotatable bonds is 4. The first-order chi connectivity index (χ1) is 13.3. The van der Waals surface area contributed by atoms with Gasteiger partial charge in [0.1, 0.15) is 0 Å². The highest BCUT2D eigenvalue weighted by molar-refractivity contribution is 5.79. The van der Waals surface area contributed by atoms with E-state index in [-0.39, 0.29) is 11.8 Å². The molecule has 2 aliphatic rings. The number of hydrogen-bond donors (Lipinski definition) is 1. The highest BCUT2D eigenvalue weighted by Gasteiger charge is 2.30. The van der Waals surface area contributed by atoms with Crippen molar-refractivity contribution in [3.05, 3.63) is 54.4 Å². The van der Waals surface area contributed by atoms with Crippen LogP contribution in [-0.2, 0) is 4.79 Å². The molecule has 1 amide bonds. The van der Waals surface area contributed by atoms with E-state index >= 15 is 0 Å². The SMILES string of the molecule is O=C(NC1CCC(c2ccccc2)CC1)C1CCCN(c2ncccn2)C1. The minimum absolute atomic E-state index is 0.0365. The molecule has 0 radical (unpaired) electrons. The van der Waals surface area contributed by atoms with Crippen LogP contribution in [0.4, 0.5) is 5.95 Å². The Hall–Kier alpha value is -2.43. The molecule has 0 bridgehead atoms. The number of nitrogens with zero attached hydrogens (tertiary/aromatic N) is 3. The molecule has 1 unspecified atom stereocenters. The number of benzene rings is 1. The second-order valence-electron chi connectivity index (χ2n) is 7.80. The highest BCUT2D eigenvalue weighted by atomic mass is 16.2.